The van der Waals surface area contributed by atoms with Gasteiger partial charge in [0.2, 0.25) is 0 Å². The van der Waals surface area contributed by atoms with Crippen molar-refractivity contribution in [2.45, 2.75) is 0 Å². The Bertz CT molecular complexity index is 716. The van der Waals surface area contributed by atoms with Crippen LogP contribution in [0.5, 0.6) is 0 Å². The summed E-state index contributed by atoms with van der Waals surface area (Å²) in [5.41, 5.74) is 9.12. The van der Waals surface area contributed by atoms with Gasteiger partial charge in [-0.05, 0) is 12.1 Å². The van der Waals surface area contributed by atoms with Gasteiger partial charge in [-0.2, -0.15) is 4.68 Å². The van der Waals surface area contributed by atoms with Gasteiger partial charge in [0.15, 0.2) is 11.5 Å². The first-order valence-corrected chi connectivity index (χ1v) is 6.96. The molecule has 0 saturated carbocycles. The third-order valence-corrected chi connectivity index (χ3v) is 3.46. The molecule has 3 rings (SSSR count). The van der Waals surface area contributed by atoms with Crippen molar-refractivity contribution >= 4 is 17.4 Å². The zero-order valence-electron chi connectivity index (χ0n) is 11.9. The van der Waals surface area contributed by atoms with Gasteiger partial charge in [0, 0.05) is 13.1 Å². The van der Waals surface area contributed by atoms with Crippen LogP contribution in [0.3, 0.4) is 0 Å². The summed E-state index contributed by atoms with van der Waals surface area (Å²) < 4.78 is 6.34. The Morgan fingerprint density at radius 2 is 1.91 bits per heavy atom. The second-order valence-corrected chi connectivity index (χ2v) is 4.91. The quantitative estimate of drug-likeness (QED) is 0.746. The fraction of sp³-hybridized carbons (Fsp3) is 0.286. The number of para-hydroxylation sites is 1. The molecule has 22 heavy (non-hydrogen) atoms. The van der Waals surface area contributed by atoms with E-state index in [1.807, 2.05) is 18.2 Å². The fourth-order valence-electron chi connectivity index (χ4n) is 2.29. The average Bonchev–Trinajstić information content (AvgIpc) is 2.84. The van der Waals surface area contributed by atoms with Crippen molar-refractivity contribution in [3.8, 4) is 0 Å². The number of hydrogen-bond donors (Lipinski definition) is 3. The molecule has 1 aliphatic heterocycles. The number of carbonyl (C=O) groups excluding carboxylic acids is 1. The van der Waals surface area contributed by atoms with Crippen LogP contribution in [-0.2, 0) is 4.74 Å². The number of nitrogen functional groups attached to an aromatic ring is 1. The molecule has 4 N–H and O–H groups in total. The third-order valence-electron chi connectivity index (χ3n) is 3.46. The minimum atomic E-state index is -0.488. The summed E-state index contributed by atoms with van der Waals surface area (Å²) >= 11 is 0. The summed E-state index contributed by atoms with van der Waals surface area (Å²) in [4.78, 5) is 28.6. The first kappa shape index (κ1) is 14.2. The standard InChI is InChI=1S/C14H17N5O3/c15-12-11(13(20)18-6-8-22-9-7-18)16-14(21)19(12)17-10-4-2-1-3-5-10/h1-5,17H,6-9,15H2,(H,16,21). The van der Waals surface area contributed by atoms with Gasteiger partial charge >= 0.3 is 5.69 Å². The number of aromatic amines is 1. The SMILES string of the molecule is Nc1c(C(=O)N2CCOCC2)[nH]c(=O)n1Nc1ccccc1. The van der Waals surface area contributed by atoms with Crippen LogP contribution in [-0.4, -0.2) is 46.8 Å². The van der Waals surface area contributed by atoms with Crippen LogP contribution >= 0.6 is 0 Å². The van der Waals surface area contributed by atoms with Crippen molar-refractivity contribution in [1.82, 2.24) is 14.6 Å². The molecule has 0 atom stereocenters. The maximum atomic E-state index is 12.4. The van der Waals surface area contributed by atoms with Crippen LogP contribution in [0.4, 0.5) is 11.5 Å². The lowest BCUT2D eigenvalue weighted by atomic mass is 10.3. The first-order valence-electron chi connectivity index (χ1n) is 6.96. The molecule has 1 aromatic heterocycles. The zero-order chi connectivity index (χ0) is 15.5. The van der Waals surface area contributed by atoms with Gasteiger partial charge in [-0.25, -0.2) is 4.79 Å². The maximum absolute atomic E-state index is 12.4. The molecule has 0 radical (unpaired) electrons. The number of ether oxygens (including phenoxy) is 1. The number of nitrogens with one attached hydrogen (secondary N) is 2. The van der Waals surface area contributed by atoms with Crippen LogP contribution in [0, 0.1) is 0 Å². The Hall–Kier alpha value is -2.74. The monoisotopic (exact) mass is 303 g/mol. The molecule has 1 amide bonds. The van der Waals surface area contributed by atoms with Crippen molar-refractivity contribution in [1.29, 1.82) is 0 Å². The Morgan fingerprint density at radius 1 is 1.23 bits per heavy atom. The van der Waals surface area contributed by atoms with Crippen LogP contribution in [0.2, 0.25) is 0 Å². The Balaban J connectivity index is 1.86. The van der Waals surface area contributed by atoms with Gasteiger partial charge in [0.25, 0.3) is 5.91 Å². The Morgan fingerprint density at radius 3 is 2.59 bits per heavy atom. The second kappa shape index (κ2) is 5.94. The van der Waals surface area contributed by atoms with E-state index in [0.29, 0.717) is 32.0 Å². The van der Waals surface area contributed by atoms with E-state index >= 15 is 0 Å². The average molecular weight is 303 g/mol. The predicted octanol–water partition coefficient (Wildman–Crippen LogP) is 0.106. The highest BCUT2D eigenvalue weighted by Gasteiger charge is 2.24. The van der Waals surface area contributed by atoms with E-state index in [-0.39, 0.29) is 17.4 Å². The van der Waals surface area contributed by atoms with Crippen molar-refractivity contribution in [2.75, 3.05) is 37.5 Å². The number of morpholine rings is 1. The first-order chi connectivity index (χ1) is 10.7. The summed E-state index contributed by atoms with van der Waals surface area (Å²) in [6.45, 7) is 1.94. The van der Waals surface area contributed by atoms with Crippen molar-refractivity contribution in [3.63, 3.8) is 0 Å². The Kier molecular flexibility index (Phi) is 3.84. The van der Waals surface area contributed by atoms with E-state index < -0.39 is 5.69 Å². The lowest BCUT2D eigenvalue weighted by Crippen LogP contribution is -2.41. The van der Waals surface area contributed by atoms with E-state index in [2.05, 4.69) is 10.4 Å². The molecule has 2 heterocycles. The molecule has 2 aromatic rings. The fourth-order valence-corrected chi connectivity index (χ4v) is 2.29. The van der Waals surface area contributed by atoms with Crippen LogP contribution in [0.1, 0.15) is 10.5 Å². The summed E-state index contributed by atoms with van der Waals surface area (Å²) in [7, 11) is 0. The van der Waals surface area contributed by atoms with Crippen LogP contribution in [0.25, 0.3) is 0 Å². The summed E-state index contributed by atoms with van der Waals surface area (Å²) in [5, 5.41) is 0. The number of nitrogens with two attached hydrogens (primary N) is 1. The summed E-state index contributed by atoms with van der Waals surface area (Å²) in [5.74, 6) is -0.239. The number of carbonyl (C=O) groups is 1. The number of hydrogen-bond acceptors (Lipinski definition) is 5. The maximum Gasteiger partial charge on any atom is 0.346 e. The van der Waals surface area contributed by atoms with E-state index in [4.69, 9.17) is 10.5 Å². The molecule has 0 unspecified atom stereocenters. The van der Waals surface area contributed by atoms with Crippen LogP contribution < -0.4 is 16.8 Å². The molecule has 1 aromatic carbocycles. The molecule has 8 nitrogen and oxygen atoms in total. The molecular formula is C14H17N5O3. The molecule has 116 valence electrons. The van der Waals surface area contributed by atoms with Gasteiger partial charge in [-0.3, -0.25) is 15.2 Å². The van der Waals surface area contributed by atoms with Crippen LogP contribution in [0.15, 0.2) is 35.1 Å². The largest absolute Gasteiger partial charge is 0.382 e. The molecule has 0 aliphatic carbocycles. The molecular weight excluding hydrogens is 286 g/mol. The van der Waals surface area contributed by atoms with E-state index in [1.165, 1.54) is 0 Å². The minimum absolute atomic E-state index is 0.0605. The topological polar surface area (TPSA) is 105 Å². The predicted molar refractivity (Wildman–Crippen MR) is 81.7 cm³/mol. The molecule has 1 aliphatic rings. The van der Waals surface area contributed by atoms with Gasteiger partial charge in [0.1, 0.15) is 0 Å². The van der Waals surface area contributed by atoms with Gasteiger partial charge in [0.05, 0.1) is 18.9 Å². The number of nitrogens with zero attached hydrogens (tertiary/aromatic N) is 2. The van der Waals surface area contributed by atoms with Crippen molar-refractivity contribution in [2.24, 2.45) is 0 Å². The smallest absolute Gasteiger partial charge is 0.346 e. The number of amides is 1. The highest BCUT2D eigenvalue weighted by molar-refractivity contribution is 5.96. The van der Waals surface area contributed by atoms with E-state index in [0.717, 1.165) is 4.68 Å². The lowest BCUT2D eigenvalue weighted by molar-refractivity contribution is 0.0300. The van der Waals surface area contributed by atoms with Gasteiger partial charge in [-0.15, -0.1) is 0 Å². The number of benzene rings is 1. The molecule has 0 bridgehead atoms. The molecule has 1 saturated heterocycles. The van der Waals surface area contributed by atoms with Gasteiger partial charge in [-0.1, -0.05) is 18.2 Å². The molecule has 8 heteroatoms. The second-order valence-electron chi connectivity index (χ2n) is 4.91. The highest BCUT2D eigenvalue weighted by Crippen LogP contribution is 2.13. The number of aromatic nitrogens is 2. The van der Waals surface area contributed by atoms with E-state index in [1.54, 1.807) is 17.0 Å². The minimum Gasteiger partial charge on any atom is -0.382 e. The normalized spacial score (nSPS) is 14.8. The lowest BCUT2D eigenvalue weighted by Gasteiger charge is -2.26. The number of rotatable bonds is 3. The number of imidazole rings is 1. The summed E-state index contributed by atoms with van der Waals surface area (Å²) in [6.07, 6.45) is 0. The van der Waals surface area contributed by atoms with E-state index in [9.17, 15) is 9.59 Å². The highest BCUT2D eigenvalue weighted by atomic mass is 16.5. The molecule has 0 spiro atoms. The third kappa shape index (κ3) is 2.68. The Labute approximate surface area is 126 Å². The number of anilines is 2. The summed E-state index contributed by atoms with van der Waals surface area (Å²) in [6, 6.07) is 9.11. The van der Waals surface area contributed by atoms with Gasteiger partial charge < -0.3 is 15.4 Å². The zero-order valence-corrected chi connectivity index (χ0v) is 11.9. The molecule has 1 fully saturated rings. The van der Waals surface area contributed by atoms with Crippen molar-refractivity contribution < 1.29 is 9.53 Å². The number of H-pyrrole nitrogens is 1. The van der Waals surface area contributed by atoms with Crippen molar-refractivity contribution in [3.05, 3.63) is 46.5 Å².